The second kappa shape index (κ2) is 9.90. The van der Waals surface area contributed by atoms with Crippen molar-refractivity contribution in [3.8, 4) is 0 Å². The highest BCUT2D eigenvalue weighted by molar-refractivity contribution is 5.75. The Hall–Kier alpha value is -2.86. The molecule has 6 nitrogen and oxygen atoms in total. The Kier molecular flexibility index (Phi) is 7.03. The minimum Gasteiger partial charge on any atom is -0.481 e. The number of carbonyl (C=O) groups is 2. The van der Waals surface area contributed by atoms with E-state index in [1.165, 1.54) is 0 Å². The maximum absolute atomic E-state index is 12.8. The molecular weight excluding hydrogens is 356 g/mol. The van der Waals surface area contributed by atoms with Crippen LogP contribution in [0.3, 0.4) is 0 Å². The van der Waals surface area contributed by atoms with Gasteiger partial charge in [-0.05, 0) is 24.0 Å². The number of urea groups is 1. The van der Waals surface area contributed by atoms with E-state index < -0.39 is 5.97 Å². The summed E-state index contributed by atoms with van der Waals surface area (Å²) < 4.78 is 5.82. The average Bonchev–Trinajstić information content (AvgIpc) is 2.73. The topological polar surface area (TPSA) is 78.9 Å². The number of ether oxygens (including phenoxy) is 1. The molecule has 0 bridgehead atoms. The zero-order valence-corrected chi connectivity index (χ0v) is 15.8. The van der Waals surface area contributed by atoms with Gasteiger partial charge in [0.1, 0.15) is 6.10 Å². The number of carboxylic acids is 1. The third kappa shape index (κ3) is 5.82. The van der Waals surface area contributed by atoms with Crippen molar-refractivity contribution in [1.29, 1.82) is 0 Å². The zero-order chi connectivity index (χ0) is 19.8. The van der Waals surface area contributed by atoms with E-state index in [1.807, 2.05) is 60.7 Å². The minimum atomic E-state index is -0.858. The Morgan fingerprint density at radius 2 is 1.79 bits per heavy atom. The molecular formula is C22H26N2O4. The highest BCUT2D eigenvalue weighted by Crippen LogP contribution is 2.22. The van der Waals surface area contributed by atoms with Crippen LogP contribution in [-0.2, 0) is 16.0 Å². The van der Waals surface area contributed by atoms with E-state index >= 15 is 0 Å². The Labute approximate surface area is 165 Å². The lowest BCUT2D eigenvalue weighted by Crippen LogP contribution is -2.50. The van der Waals surface area contributed by atoms with Crippen LogP contribution in [0.25, 0.3) is 0 Å². The summed E-state index contributed by atoms with van der Waals surface area (Å²) in [4.78, 5) is 25.6. The van der Waals surface area contributed by atoms with Crippen LogP contribution in [-0.4, -0.2) is 47.7 Å². The lowest BCUT2D eigenvalue weighted by Gasteiger charge is -2.34. The van der Waals surface area contributed by atoms with Crippen molar-refractivity contribution in [2.24, 2.45) is 0 Å². The fourth-order valence-corrected chi connectivity index (χ4v) is 3.39. The molecule has 2 atom stereocenters. The number of hydrogen-bond donors (Lipinski definition) is 2. The summed E-state index contributed by atoms with van der Waals surface area (Å²) in [7, 11) is 0. The molecule has 148 valence electrons. The van der Waals surface area contributed by atoms with Gasteiger partial charge in [-0.25, -0.2) is 4.79 Å². The molecule has 28 heavy (non-hydrogen) atoms. The van der Waals surface area contributed by atoms with Crippen molar-refractivity contribution in [2.45, 2.75) is 31.4 Å². The monoisotopic (exact) mass is 382 g/mol. The van der Waals surface area contributed by atoms with E-state index in [1.54, 1.807) is 4.90 Å². The van der Waals surface area contributed by atoms with Gasteiger partial charge in [-0.1, -0.05) is 60.7 Å². The minimum absolute atomic E-state index is 0.0214. The molecule has 3 rings (SSSR count). The number of benzene rings is 2. The molecule has 0 radical (unpaired) electrons. The molecule has 2 aromatic carbocycles. The highest BCUT2D eigenvalue weighted by atomic mass is 16.5. The number of carbonyl (C=O) groups excluding carboxylic acids is 1. The van der Waals surface area contributed by atoms with Gasteiger partial charge in [0, 0.05) is 19.0 Å². The number of nitrogens with one attached hydrogen (secondary N) is 1. The van der Waals surface area contributed by atoms with Crippen LogP contribution in [0.1, 0.15) is 30.1 Å². The Morgan fingerprint density at radius 3 is 2.46 bits per heavy atom. The van der Waals surface area contributed by atoms with E-state index in [4.69, 9.17) is 9.84 Å². The van der Waals surface area contributed by atoms with Gasteiger partial charge in [-0.3, -0.25) is 4.79 Å². The standard InChI is InChI=1S/C22H26N2O4/c25-21(26)12-11-19(15-17-7-3-1-4-8-17)23-22(27)24-13-14-28-20(16-24)18-9-5-2-6-10-18/h1-10,19-20H,11-16H2,(H,23,27)(H,25,26). The SMILES string of the molecule is O=C(O)CCC(Cc1ccccc1)NC(=O)N1CCOC(c2ccccc2)C1. The molecule has 2 aromatic rings. The molecule has 2 unspecified atom stereocenters. The molecule has 1 aliphatic heterocycles. The third-order valence-corrected chi connectivity index (χ3v) is 4.88. The van der Waals surface area contributed by atoms with Crippen molar-refractivity contribution < 1.29 is 19.4 Å². The van der Waals surface area contributed by atoms with Gasteiger partial charge in [0.05, 0.1) is 13.2 Å². The molecule has 0 saturated carbocycles. The number of nitrogens with zero attached hydrogens (tertiary/aromatic N) is 1. The molecule has 6 heteroatoms. The van der Waals surface area contributed by atoms with Crippen molar-refractivity contribution in [3.05, 3.63) is 71.8 Å². The summed E-state index contributed by atoms with van der Waals surface area (Å²) in [6, 6.07) is 19.3. The van der Waals surface area contributed by atoms with Gasteiger partial charge in [-0.2, -0.15) is 0 Å². The number of aliphatic carboxylic acids is 1. The summed E-state index contributed by atoms with van der Waals surface area (Å²) in [5.74, 6) is -0.858. The summed E-state index contributed by atoms with van der Waals surface area (Å²) in [6.45, 7) is 1.48. The third-order valence-electron chi connectivity index (χ3n) is 4.88. The van der Waals surface area contributed by atoms with Crippen molar-refractivity contribution in [3.63, 3.8) is 0 Å². The summed E-state index contributed by atoms with van der Waals surface area (Å²) in [5.41, 5.74) is 2.12. The Balaban J connectivity index is 1.62. The Morgan fingerprint density at radius 1 is 1.11 bits per heavy atom. The molecule has 1 heterocycles. The first kappa shape index (κ1) is 19.9. The smallest absolute Gasteiger partial charge is 0.317 e. The summed E-state index contributed by atoms with van der Waals surface area (Å²) in [5, 5.41) is 12.1. The van der Waals surface area contributed by atoms with Crippen LogP contribution in [0.15, 0.2) is 60.7 Å². The molecule has 2 N–H and O–H groups in total. The zero-order valence-electron chi connectivity index (χ0n) is 15.8. The maximum atomic E-state index is 12.8. The van der Waals surface area contributed by atoms with Crippen molar-refractivity contribution in [2.75, 3.05) is 19.7 Å². The molecule has 0 spiro atoms. The molecule has 1 aliphatic rings. The predicted octanol–water partition coefficient (Wildman–Crippen LogP) is 3.25. The quantitative estimate of drug-likeness (QED) is 0.771. The molecule has 1 saturated heterocycles. The number of morpholine rings is 1. The lowest BCUT2D eigenvalue weighted by molar-refractivity contribution is -0.137. The van der Waals surface area contributed by atoms with Crippen molar-refractivity contribution >= 4 is 12.0 Å². The van der Waals surface area contributed by atoms with Gasteiger partial charge in [-0.15, -0.1) is 0 Å². The van der Waals surface area contributed by atoms with Crippen LogP contribution in [0.5, 0.6) is 0 Å². The van der Waals surface area contributed by atoms with E-state index in [-0.39, 0.29) is 24.6 Å². The summed E-state index contributed by atoms with van der Waals surface area (Å²) >= 11 is 0. The van der Waals surface area contributed by atoms with E-state index in [9.17, 15) is 9.59 Å². The first-order chi connectivity index (χ1) is 13.6. The molecule has 1 fully saturated rings. The highest BCUT2D eigenvalue weighted by Gasteiger charge is 2.26. The number of carboxylic acid groups (broad SMARTS) is 1. The second-order valence-electron chi connectivity index (χ2n) is 6.98. The molecule has 0 aliphatic carbocycles. The first-order valence-corrected chi connectivity index (χ1v) is 9.59. The number of rotatable bonds is 7. The van der Waals surface area contributed by atoms with Crippen LogP contribution >= 0.6 is 0 Å². The van der Waals surface area contributed by atoms with Crippen LogP contribution in [0, 0.1) is 0 Å². The van der Waals surface area contributed by atoms with E-state index in [0.717, 1.165) is 11.1 Å². The molecule has 0 aromatic heterocycles. The summed E-state index contributed by atoms with van der Waals surface area (Å²) in [6.07, 6.45) is 0.870. The van der Waals surface area contributed by atoms with E-state index in [2.05, 4.69) is 5.32 Å². The van der Waals surface area contributed by atoms with E-state index in [0.29, 0.717) is 32.5 Å². The number of hydrogen-bond acceptors (Lipinski definition) is 3. The fourth-order valence-electron chi connectivity index (χ4n) is 3.39. The van der Waals surface area contributed by atoms with Crippen LogP contribution in [0.2, 0.25) is 0 Å². The second-order valence-corrected chi connectivity index (χ2v) is 6.98. The van der Waals surface area contributed by atoms with Gasteiger partial charge >= 0.3 is 12.0 Å². The average molecular weight is 382 g/mol. The van der Waals surface area contributed by atoms with Gasteiger partial charge in [0.25, 0.3) is 0 Å². The van der Waals surface area contributed by atoms with Gasteiger partial charge in [0.2, 0.25) is 0 Å². The fraction of sp³-hybridized carbons (Fsp3) is 0.364. The molecule has 2 amide bonds. The van der Waals surface area contributed by atoms with Crippen LogP contribution in [0.4, 0.5) is 4.79 Å². The number of amides is 2. The van der Waals surface area contributed by atoms with Crippen LogP contribution < -0.4 is 5.32 Å². The predicted molar refractivity (Wildman–Crippen MR) is 106 cm³/mol. The van der Waals surface area contributed by atoms with Crippen molar-refractivity contribution in [1.82, 2.24) is 10.2 Å². The van der Waals surface area contributed by atoms with Gasteiger partial charge < -0.3 is 20.1 Å². The lowest BCUT2D eigenvalue weighted by atomic mass is 10.0. The largest absolute Gasteiger partial charge is 0.481 e. The van der Waals surface area contributed by atoms with Gasteiger partial charge in [0.15, 0.2) is 0 Å². The first-order valence-electron chi connectivity index (χ1n) is 9.59. The Bertz CT molecular complexity index is 767. The maximum Gasteiger partial charge on any atom is 0.317 e. The normalized spacial score (nSPS) is 17.7.